The van der Waals surface area contributed by atoms with Crippen LogP contribution in [-0.4, -0.2) is 60.6 Å². The van der Waals surface area contributed by atoms with Crippen LogP contribution in [0.5, 0.6) is 5.88 Å². The Hall–Kier alpha value is -1.86. The van der Waals surface area contributed by atoms with Crippen molar-refractivity contribution in [3.63, 3.8) is 0 Å². The van der Waals surface area contributed by atoms with Gasteiger partial charge in [0.25, 0.3) is 5.91 Å². The van der Waals surface area contributed by atoms with E-state index < -0.39 is 5.60 Å². The van der Waals surface area contributed by atoms with Crippen molar-refractivity contribution in [1.29, 1.82) is 0 Å². The largest absolute Gasteiger partial charge is 0.477 e. The average Bonchev–Trinajstić information content (AvgIpc) is 2.74. The molecule has 5 aliphatic rings. The summed E-state index contributed by atoms with van der Waals surface area (Å²) in [6.45, 7) is 5.54. The Kier molecular flexibility index (Phi) is 5.35. The molecule has 164 valence electrons. The minimum atomic E-state index is -0.492. The van der Waals surface area contributed by atoms with Crippen LogP contribution in [0.1, 0.15) is 55.8 Å². The number of amides is 1. The maximum atomic E-state index is 13.3. The van der Waals surface area contributed by atoms with E-state index in [4.69, 9.17) is 14.5 Å². The predicted molar refractivity (Wildman–Crippen MR) is 113 cm³/mol. The van der Waals surface area contributed by atoms with Gasteiger partial charge in [-0.15, -0.1) is 0 Å². The fourth-order valence-electron chi connectivity index (χ4n) is 6.33. The van der Waals surface area contributed by atoms with Crippen molar-refractivity contribution in [3.05, 3.63) is 17.7 Å². The molecule has 2 atom stereocenters. The van der Waals surface area contributed by atoms with Gasteiger partial charge >= 0.3 is 0 Å². The second-order valence-electron chi connectivity index (χ2n) is 9.66. The molecule has 1 saturated heterocycles. The van der Waals surface area contributed by atoms with Gasteiger partial charge in [-0.3, -0.25) is 4.79 Å². The van der Waals surface area contributed by atoms with Crippen LogP contribution in [0.2, 0.25) is 0 Å². The van der Waals surface area contributed by atoms with Crippen molar-refractivity contribution in [2.75, 3.05) is 37.8 Å². The molecule has 0 spiro atoms. The molecule has 2 unspecified atom stereocenters. The smallest absolute Gasteiger partial charge is 0.257 e. The fourth-order valence-corrected chi connectivity index (χ4v) is 6.33. The number of nitrogens with zero attached hydrogens (tertiary/aromatic N) is 2. The molecule has 6 rings (SSSR count). The monoisotopic (exact) mass is 415 g/mol. The first-order valence-corrected chi connectivity index (χ1v) is 11.5. The van der Waals surface area contributed by atoms with Crippen molar-refractivity contribution in [3.8, 4) is 5.88 Å². The minimum Gasteiger partial charge on any atom is -0.477 e. The average molecular weight is 416 g/mol. The number of hydrogen-bond acceptors (Lipinski definition) is 6. The number of aliphatic hydroxyl groups is 1. The number of carbonyl (C=O) groups is 1. The Morgan fingerprint density at radius 2 is 2.00 bits per heavy atom. The van der Waals surface area contributed by atoms with Crippen LogP contribution in [0.15, 0.2) is 12.1 Å². The van der Waals surface area contributed by atoms with Gasteiger partial charge in [0.2, 0.25) is 5.88 Å². The number of nitrogens with one attached hydrogen (secondary N) is 1. The summed E-state index contributed by atoms with van der Waals surface area (Å²) < 4.78 is 11.3. The molecular weight excluding hydrogens is 382 g/mol. The molecule has 2 N–H and O–H groups in total. The first-order chi connectivity index (χ1) is 14.5. The number of carbonyl (C=O) groups excluding carboxylic acids is 1. The number of rotatable bonds is 6. The van der Waals surface area contributed by atoms with Gasteiger partial charge in [0.1, 0.15) is 11.4 Å². The van der Waals surface area contributed by atoms with E-state index in [2.05, 4.69) is 10.2 Å². The molecule has 0 aromatic carbocycles. The summed E-state index contributed by atoms with van der Waals surface area (Å²) in [5.41, 5.74) is 0.0158. The van der Waals surface area contributed by atoms with Crippen LogP contribution in [0.3, 0.4) is 0 Å². The number of morpholine rings is 1. The zero-order valence-corrected chi connectivity index (χ0v) is 17.8. The molecule has 7 nitrogen and oxygen atoms in total. The topological polar surface area (TPSA) is 83.9 Å². The van der Waals surface area contributed by atoms with Gasteiger partial charge in [0.05, 0.1) is 25.4 Å². The number of hydrogen-bond donors (Lipinski definition) is 2. The molecule has 4 saturated carbocycles. The third-order valence-electron chi connectivity index (χ3n) is 7.41. The van der Waals surface area contributed by atoms with E-state index in [0.29, 0.717) is 49.0 Å². The van der Waals surface area contributed by atoms with Crippen LogP contribution in [0.4, 0.5) is 5.82 Å². The van der Waals surface area contributed by atoms with Crippen LogP contribution < -0.4 is 15.0 Å². The lowest BCUT2D eigenvalue weighted by molar-refractivity contribution is -0.136. The normalized spacial score (nSPS) is 34.8. The van der Waals surface area contributed by atoms with Crippen LogP contribution in [0.25, 0.3) is 0 Å². The highest BCUT2D eigenvalue weighted by Gasteiger charge is 2.55. The standard InChI is InChI=1S/C23H33N3O4/c1-2-7-30-22-18(3-4-19(24-22)26-5-8-29-9-6-26)21(27)25-20-16-10-15-11-17(20)14-23(28,12-15)13-16/h3-4,15-17,20,28H,2,5-14H2,1H3,(H,25,27). The lowest BCUT2D eigenvalue weighted by atomic mass is 9.52. The lowest BCUT2D eigenvalue weighted by Gasteiger charge is -2.58. The molecule has 1 aromatic rings. The third kappa shape index (κ3) is 3.78. The van der Waals surface area contributed by atoms with Crippen molar-refractivity contribution in [1.82, 2.24) is 10.3 Å². The third-order valence-corrected chi connectivity index (χ3v) is 7.41. The Morgan fingerprint density at radius 1 is 1.27 bits per heavy atom. The molecule has 7 heteroatoms. The van der Waals surface area contributed by atoms with E-state index in [1.807, 2.05) is 19.1 Å². The maximum absolute atomic E-state index is 13.3. The highest BCUT2D eigenvalue weighted by molar-refractivity contribution is 5.96. The predicted octanol–water partition coefficient (Wildman–Crippen LogP) is 2.38. The summed E-state index contributed by atoms with van der Waals surface area (Å²) in [5.74, 6) is 2.53. The van der Waals surface area contributed by atoms with Gasteiger partial charge in [-0.05, 0) is 68.4 Å². The Labute approximate surface area is 178 Å². The quantitative estimate of drug-likeness (QED) is 0.742. The van der Waals surface area contributed by atoms with Crippen molar-refractivity contribution < 1.29 is 19.4 Å². The Morgan fingerprint density at radius 3 is 2.67 bits per heavy atom. The Balaban J connectivity index is 1.34. The molecule has 4 bridgehead atoms. The van der Waals surface area contributed by atoms with E-state index >= 15 is 0 Å². The molecule has 1 aliphatic heterocycles. The molecule has 30 heavy (non-hydrogen) atoms. The summed E-state index contributed by atoms with van der Waals surface area (Å²) in [6, 6.07) is 3.91. The van der Waals surface area contributed by atoms with E-state index in [9.17, 15) is 9.90 Å². The SMILES string of the molecule is CCCOc1nc(N2CCOCC2)ccc1C(=O)NC1C2CC3CC1CC(O)(C3)C2. The lowest BCUT2D eigenvalue weighted by Crippen LogP contribution is -2.61. The minimum absolute atomic E-state index is 0.105. The Bertz CT molecular complexity index is 779. The van der Waals surface area contributed by atoms with Gasteiger partial charge in [-0.25, -0.2) is 0 Å². The first kappa shape index (κ1) is 20.1. The molecule has 4 aliphatic carbocycles. The van der Waals surface area contributed by atoms with Gasteiger partial charge in [-0.2, -0.15) is 4.98 Å². The number of ether oxygens (including phenoxy) is 2. The number of anilines is 1. The number of aromatic nitrogens is 1. The van der Waals surface area contributed by atoms with E-state index in [1.165, 1.54) is 0 Å². The van der Waals surface area contributed by atoms with Crippen molar-refractivity contribution >= 4 is 11.7 Å². The van der Waals surface area contributed by atoms with Gasteiger partial charge < -0.3 is 24.8 Å². The van der Waals surface area contributed by atoms with E-state index in [1.54, 1.807) is 0 Å². The zero-order chi connectivity index (χ0) is 20.7. The molecule has 0 radical (unpaired) electrons. The fraction of sp³-hybridized carbons (Fsp3) is 0.739. The van der Waals surface area contributed by atoms with Crippen LogP contribution in [-0.2, 0) is 4.74 Å². The second kappa shape index (κ2) is 8.00. The highest BCUT2D eigenvalue weighted by Crippen LogP contribution is 2.55. The van der Waals surface area contributed by atoms with E-state index in [0.717, 1.165) is 57.4 Å². The molecule has 1 aromatic heterocycles. The molecule has 5 fully saturated rings. The maximum Gasteiger partial charge on any atom is 0.257 e. The zero-order valence-electron chi connectivity index (χ0n) is 17.8. The second-order valence-corrected chi connectivity index (χ2v) is 9.66. The summed E-state index contributed by atoms with van der Waals surface area (Å²) in [4.78, 5) is 20.1. The molecular formula is C23H33N3O4. The molecule has 2 heterocycles. The number of pyridine rings is 1. The van der Waals surface area contributed by atoms with Gasteiger partial charge in [-0.1, -0.05) is 6.92 Å². The molecule has 1 amide bonds. The van der Waals surface area contributed by atoms with E-state index in [-0.39, 0.29) is 11.9 Å². The summed E-state index contributed by atoms with van der Waals surface area (Å²) in [5, 5.41) is 14.1. The van der Waals surface area contributed by atoms with Gasteiger partial charge in [0, 0.05) is 19.1 Å². The van der Waals surface area contributed by atoms with Crippen molar-refractivity contribution in [2.24, 2.45) is 17.8 Å². The van der Waals surface area contributed by atoms with Gasteiger partial charge in [0.15, 0.2) is 0 Å². The summed E-state index contributed by atoms with van der Waals surface area (Å²) in [7, 11) is 0. The first-order valence-electron chi connectivity index (χ1n) is 11.5. The van der Waals surface area contributed by atoms with Crippen molar-refractivity contribution in [2.45, 2.75) is 57.1 Å². The van der Waals surface area contributed by atoms with Crippen LogP contribution in [0, 0.1) is 17.8 Å². The summed E-state index contributed by atoms with van der Waals surface area (Å²) >= 11 is 0. The highest BCUT2D eigenvalue weighted by atomic mass is 16.5. The van der Waals surface area contributed by atoms with Crippen LogP contribution >= 0.6 is 0 Å². The summed E-state index contributed by atoms with van der Waals surface area (Å²) in [6.07, 6.45) is 5.69.